The summed E-state index contributed by atoms with van der Waals surface area (Å²) in [5, 5.41) is 9.75. The average Bonchev–Trinajstić information content (AvgIpc) is 3.25. The van der Waals surface area contributed by atoms with Gasteiger partial charge in [-0.15, -0.1) is 0 Å². The van der Waals surface area contributed by atoms with Crippen molar-refractivity contribution in [3.05, 3.63) is 76.4 Å². The number of aromatic amines is 1. The lowest BCUT2D eigenvalue weighted by Crippen LogP contribution is -2.32. The molecule has 0 saturated carbocycles. The Kier molecular flexibility index (Phi) is 6.95. The summed E-state index contributed by atoms with van der Waals surface area (Å²) in [6, 6.07) is 13.0. The van der Waals surface area contributed by atoms with Crippen molar-refractivity contribution in [1.29, 1.82) is 0 Å². The molecule has 0 aliphatic heterocycles. The number of fused-ring (bicyclic) bond motifs is 1. The van der Waals surface area contributed by atoms with Gasteiger partial charge in [0, 0.05) is 17.1 Å². The molecule has 35 heavy (non-hydrogen) atoms. The van der Waals surface area contributed by atoms with Gasteiger partial charge in [-0.3, -0.25) is 4.79 Å². The number of hydrogen-bond acceptors (Lipinski definition) is 6. The van der Waals surface area contributed by atoms with Crippen molar-refractivity contribution in [2.24, 2.45) is 5.73 Å². The van der Waals surface area contributed by atoms with E-state index in [2.05, 4.69) is 4.98 Å². The normalized spacial score (nSPS) is 12.5. The second-order valence-electron chi connectivity index (χ2n) is 7.68. The van der Waals surface area contributed by atoms with E-state index in [-0.39, 0.29) is 32.0 Å². The maximum Gasteiger partial charge on any atom is 0.320 e. The molecule has 8 nitrogen and oxygen atoms in total. The van der Waals surface area contributed by atoms with Crippen molar-refractivity contribution in [1.82, 2.24) is 4.98 Å². The number of hydrogen-bond donors (Lipinski definition) is 3. The van der Waals surface area contributed by atoms with Gasteiger partial charge in [-0.1, -0.05) is 23.2 Å². The zero-order valence-electron chi connectivity index (χ0n) is 18.3. The Morgan fingerprint density at radius 1 is 1.06 bits per heavy atom. The molecule has 0 unspecified atom stereocenters. The van der Waals surface area contributed by atoms with Gasteiger partial charge >= 0.3 is 5.97 Å². The number of nitrogens with two attached hydrogens (primary N) is 1. The quantitative estimate of drug-likeness (QED) is 0.287. The SMILES string of the molecule is COc1ccc(S(=O)(=O)c2c[nH]c3ccc(Oc4c(Cl)cc(C[C@H](N)C(=O)O)cc4Cl)cc23)cc1. The van der Waals surface area contributed by atoms with Gasteiger partial charge < -0.3 is 25.3 Å². The Morgan fingerprint density at radius 3 is 2.29 bits per heavy atom. The van der Waals surface area contributed by atoms with Gasteiger partial charge in [-0.2, -0.15) is 0 Å². The van der Waals surface area contributed by atoms with Crippen molar-refractivity contribution in [3.63, 3.8) is 0 Å². The molecule has 1 atom stereocenters. The number of aliphatic carboxylic acids is 1. The molecule has 0 aliphatic rings. The minimum atomic E-state index is -3.83. The molecule has 1 heterocycles. The molecule has 0 aliphatic carbocycles. The Balaban J connectivity index is 1.67. The Morgan fingerprint density at radius 2 is 1.69 bits per heavy atom. The van der Waals surface area contributed by atoms with Crippen LogP contribution in [0.5, 0.6) is 17.2 Å². The van der Waals surface area contributed by atoms with E-state index in [4.69, 9.17) is 43.5 Å². The molecular formula is C24H20Cl2N2O6S. The van der Waals surface area contributed by atoms with Crippen LogP contribution in [0.2, 0.25) is 10.0 Å². The third kappa shape index (κ3) is 5.08. The molecule has 0 spiro atoms. The first-order valence-corrected chi connectivity index (χ1v) is 12.5. The smallest absolute Gasteiger partial charge is 0.320 e. The molecule has 3 aromatic carbocycles. The number of methoxy groups -OCH3 is 1. The maximum absolute atomic E-state index is 13.3. The van der Waals surface area contributed by atoms with Crippen molar-refractivity contribution < 1.29 is 27.8 Å². The predicted octanol–water partition coefficient (Wildman–Crippen LogP) is 5.06. The van der Waals surface area contributed by atoms with Crippen LogP contribution in [0.1, 0.15) is 5.56 Å². The van der Waals surface area contributed by atoms with Crippen LogP contribution in [0.4, 0.5) is 0 Å². The van der Waals surface area contributed by atoms with Gasteiger partial charge in [0.25, 0.3) is 0 Å². The molecule has 0 radical (unpaired) electrons. The summed E-state index contributed by atoms with van der Waals surface area (Å²) in [6.45, 7) is 0. The van der Waals surface area contributed by atoms with E-state index >= 15 is 0 Å². The molecule has 0 fully saturated rings. The van der Waals surface area contributed by atoms with Crippen LogP contribution in [0.15, 0.2) is 70.6 Å². The van der Waals surface area contributed by atoms with Crippen LogP contribution in [-0.4, -0.2) is 37.6 Å². The number of nitrogens with one attached hydrogen (secondary N) is 1. The third-order valence-corrected chi connectivity index (χ3v) is 7.70. The first-order chi connectivity index (χ1) is 16.6. The van der Waals surface area contributed by atoms with Gasteiger partial charge in [-0.05, 0) is 66.6 Å². The summed E-state index contributed by atoms with van der Waals surface area (Å²) in [4.78, 5) is 14.2. The fourth-order valence-corrected chi connectivity index (χ4v) is 5.56. The number of H-pyrrole nitrogens is 1. The lowest BCUT2D eigenvalue weighted by atomic mass is 10.1. The lowest BCUT2D eigenvalue weighted by molar-refractivity contribution is -0.138. The zero-order chi connectivity index (χ0) is 25.3. The highest BCUT2D eigenvalue weighted by molar-refractivity contribution is 7.91. The van der Waals surface area contributed by atoms with E-state index in [0.29, 0.717) is 28.0 Å². The van der Waals surface area contributed by atoms with Gasteiger partial charge in [0.05, 0.1) is 26.9 Å². The molecule has 4 aromatic rings. The van der Waals surface area contributed by atoms with E-state index in [9.17, 15) is 13.2 Å². The van der Waals surface area contributed by atoms with Crippen LogP contribution in [0, 0.1) is 0 Å². The first-order valence-electron chi connectivity index (χ1n) is 10.2. The number of aromatic nitrogens is 1. The van der Waals surface area contributed by atoms with E-state index in [1.165, 1.54) is 37.6 Å². The largest absolute Gasteiger partial charge is 0.497 e. The highest BCUT2D eigenvalue weighted by Crippen LogP contribution is 2.39. The molecule has 4 rings (SSSR count). The van der Waals surface area contributed by atoms with Crippen molar-refractivity contribution in [2.75, 3.05) is 7.11 Å². The van der Waals surface area contributed by atoms with Crippen molar-refractivity contribution in [3.8, 4) is 17.2 Å². The Labute approximate surface area is 211 Å². The highest BCUT2D eigenvalue weighted by Gasteiger charge is 2.23. The summed E-state index contributed by atoms with van der Waals surface area (Å²) in [5.41, 5.74) is 6.72. The summed E-state index contributed by atoms with van der Waals surface area (Å²) in [6.07, 6.45) is 1.46. The van der Waals surface area contributed by atoms with Gasteiger partial charge in [0.2, 0.25) is 9.84 Å². The fraction of sp³-hybridized carbons (Fsp3) is 0.125. The molecule has 0 saturated heterocycles. The standard InChI is InChI=1S/C24H20Cl2N2O6S/c1-33-14-2-5-16(6-3-14)35(31,32)22-12-28-21-7-4-15(11-17(21)22)34-23-18(25)8-13(9-19(23)26)10-20(27)24(29)30/h2-9,11-12,20,28H,10,27H2,1H3,(H,29,30)/t20-/m0/s1. The number of carboxylic acids is 1. The summed E-state index contributed by atoms with van der Waals surface area (Å²) >= 11 is 12.7. The first kappa shape index (κ1) is 24.9. The molecule has 11 heteroatoms. The van der Waals surface area contributed by atoms with Crippen molar-refractivity contribution in [2.45, 2.75) is 22.3 Å². The molecule has 1 aromatic heterocycles. The summed E-state index contributed by atoms with van der Waals surface area (Å²) in [5.74, 6) is -0.140. The number of carboxylic acid groups (broad SMARTS) is 1. The number of carbonyl (C=O) groups is 1. The molecule has 4 N–H and O–H groups in total. The van der Waals surface area contributed by atoms with Crippen LogP contribution in [0.3, 0.4) is 0 Å². The Hall–Kier alpha value is -3.24. The van der Waals surface area contributed by atoms with Crippen LogP contribution in [0.25, 0.3) is 10.9 Å². The van der Waals surface area contributed by atoms with Gasteiger partial charge in [-0.25, -0.2) is 8.42 Å². The highest BCUT2D eigenvalue weighted by atomic mass is 35.5. The molecular weight excluding hydrogens is 515 g/mol. The number of benzene rings is 3. The second-order valence-corrected chi connectivity index (χ2v) is 10.4. The second kappa shape index (κ2) is 9.79. The lowest BCUT2D eigenvalue weighted by Gasteiger charge is -2.13. The van der Waals surface area contributed by atoms with E-state index in [1.807, 2.05) is 0 Å². The number of ether oxygens (including phenoxy) is 2. The molecule has 182 valence electrons. The summed E-state index contributed by atoms with van der Waals surface area (Å²) in [7, 11) is -2.33. The molecule has 0 bridgehead atoms. The average molecular weight is 535 g/mol. The topological polar surface area (TPSA) is 132 Å². The maximum atomic E-state index is 13.3. The van der Waals surface area contributed by atoms with Crippen LogP contribution < -0.4 is 15.2 Å². The fourth-order valence-electron chi connectivity index (χ4n) is 3.53. The van der Waals surface area contributed by atoms with Crippen LogP contribution >= 0.6 is 23.2 Å². The summed E-state index contributed by atoms with van der Waals surface area (Å²) < 4.78 is 37.5. The molecule has 0 amide bonds. The van der Waals surface area contributed by atoms with Gasteiger partial charge in [0.1, 0.15) is 17.5 Å². The van der Waals surface area contributed by atoms with E-state index < -0.39 is 21.8 Å². The third-order valence-electron chi connectivity index (χ3n) is 5.33. The minimum absolute atomic E-state index is 0.0386. The van der Waals surface area contributed by atoms with Gasteiger partial charge in [0.15, 0.2) is 5.75 Å². The van der Waals surface area contributed by atoms with E-state index in [1.54, 1.807) is 30.3 Å². The Bertz CT molecular complexity index is 1490. The number of sulfone groups is 1. The van der Waals surface area contributed by atoms with Crippen molar-refractivity contribution >= 4 is 49.9 Å². The number of halogens is 2. The number of rotatable bonds is 8. The zero-order valence-corrected chi connectivity index (χ0v) is 20.6. The predicted molar refractivity (Wildman–Crippen MR) is 133 cm³/mol. The van der Waals surface area contributed by atoms with Crippen LogP contribution in [-0.2, 0) is 21.1 Å². The monoisotopic (exact) mass is 534 g/mol. The van der Waals surface area contributed by atoms with E-state index in [0.717, 1.165) is 0 Å². The minimum Gasteiger partial charge on any atom is -0.497 e.